The molecule has 1 aromatic rings. The third kappa shape index (κ3) is 3.65. The van der Waals surface area contributed by atoms with Crippen LogP contribution in [0.25, 0.3) is 0 Å². The van der Waals surface area contributed by atoms with E-state index in [0.717, 1.165) is 24.8 Å². The molecule has 0 aliphatic rings. The molecule has 0 unspecified atom stereocenters. The molecule has 2 N–H and O–H groups in total. The minimum atomic E-state index is -0.345. The van der Waals surface area contributed by atoms with E-state index in [1.165, 1.54) is 13.2 Å². The van der Waals surface area contributed by atoms with Gasteiger partial charge in [0.05, 0.1) is 7.11 Å². The van der Waals surface area contributed by atoms with E-state index in [-0.39, 0.29) is 30.0 Å². The molecule has 0 heterocycles. The van der Waals surface area contributed by atoms with Crippen molar-refractivity contribution in [2.75, 3.05) is 7.11 Å². The first-order chi connectivity index (χ1) is 7.20. The van der Waals surface area contributed by atoms with E-state index in [1.54, 1.807) is 6.07 Å². The fourth-order valence-electron chi connectivity index (χ4n) is 1.61. The molecule has 0 amide bonds. The van der Waals surface area contributed by atoms with E-state index >= 15 is 0 Å². The van der Waals surface area contributed by atoms with E-state index in [9.17, 15) is 4.39 Å². The molecule has 0 aromatic heterocycles. The molecule has 0 aliphatic carbocycles. The van der Waals surface area contributed by atoms with Crippen LogP contribution >= 0.6 is 12.4 Å². The van der Waals surface area contributed by atoms with Crippen LogP contribution in [0.3, 0.4) is 0 Å². The van der Waals surface area contributed by atoms with Crippen molar-refractivity contribution in [2.45, 2.75) is 32.2 Å². The predicted molar refractivity (Wildman–Crippen MR) is 66.7 cm³/mol. The highest BCUT2D eigenvalue weighted by Gasteiger charge is 2.14. The second-order valence-corrected chi connectivity index (χ2v) is 3.61. The zero-order chi connectivity index (χ0) is 11.3. The summed E-state index contributed by atoms with van der Waals surface area (Å²) in [5.41, 5.74) is 6.74. The topological polar surface area (TPSA) is 35.2 Å². The number of ether oxygens (including phenoxy) is 1. The van der Waals surface area contributed by atoms with E-state index in [4.69, 9.17) is 10.5 Å². The van der Waals surface area contributed by atoms with Gasteiger partial charge in [0.2, 0.25) is 0 Å². The fourth-order valence-corrected chi connectivity index (χ4v) is 1.61. The molecule has 0 saturated heterocycles. The van der Waals surface area contributed by atoms with Gasteiger partial charge in [0.1, 0.15) is 0 Å². The molecule has 1 aromatic carbocycles. The average molecular weight is 248 g/mol. The second-order valence-electron chi connectivity index (χ2n) is 3.61. The first-order valence-electron chi connectivity index (χ1n) is 5.28. The Hall–Kier alpha value is -0.800. The minimum Gasteiger partial charge on any atom is -0.493 e. The van der Waals surface area contributed by atoms with Crippen LogP contribution < -0.4 is 10.5 Å². The average Bonchev–Trinajstić information content (AvgIpc) is 2.25. The van der Waals surface area contributed by atoms with Crippen molar-refractivity contribution in [3.8, 4) is 5.75 Å². The number of para-hydroxylation sites is 1. The number of unbranched alkanes of at least 4 members (excludes halogenated alkanes) is 1. The van der Waals surface area contributed by atoms with E-state index in [2.05, 4.69) is 6.92 Å². The van der Waals surface area contributed by atoms with Gasteiger partial charge in [-0.3, -0.25) is 0 Å². The summed E-state index contributed by atoms with van der Waals surface area (Å²) >= 11 is 0. The van der Waals surface area contributed by atoms with Crippen molar-refractivity contribution >= 4 is 12.4 Å². The van der Waals surface area contributed by atoms with Gasteiger partial charge in [-0.2, -0.15) is 0 Å². The van der Waals surface area contributed by atoms with Crippen molar-refractivity contribution < 1.29 is 9.13 Å². The van der Waals surface area contributed by atoms with Gasteiger partial charge in [0.25, 0.3) is 0 Å². The molecule has 0 aliphatic heterocycles. The van der Waals surface area contributed by atoms with E-state index in [1.807, 2.05) is 6.07 Å². The Bertz CT molecular complexity index is 320. The molecular weight excluding hydrogens is 229 g/mol. The number of rotatable bonds is 5. The Morgan fingerprint density at radius 2 is 2.12 bits per heavy atom. The molecule has 0 bridgehead atoms. The van der Waals surface area contributed by atoms with Gasteiger partial charge in [-0.25, -0.2) is 4.39 Å². The maximum Gasteiger partial charge on any atom is 0.165 e. The third-order valence-corrected chi connectivity index (χ3v) is 2.47. The lowest BCUT2D eigenvalue weighted by atomic mass is 10.0. The molecule has 0 radical (unpaired) electrons. The second kappa shape index (κ2) is 7.47. The molecular formula is C12H19ClFNO. The first kappa shape index (κ1) is 15.2. The molecule has 1 rings (SSSR count). The van der Waals surface area contributed by atoms with Gasteiger partial charge in [0.15, 0.2) is 11.6 Å². The highest BCUT2D eigenvalue weighted by Crippen LogP contribution is 2.29. The van der Waals surface area contributed by atoms with Crippen molar-refractivity contribution in [1.29, 1.82) is 0 Å². The van der Waals surface area contributed by atoms with Crippen LogP contribution in [0.1, 0.15) is 37.8 Å². The number of nitrogens with two attached hydrogens (primary N) is 1. The number of methoxy groups -OCH3 is 1. The van der Waals surface area contributed by atoms with Crippen molar-refractivity contribution in [3.05, 3.63) is 29.6 Å². The zero-order valence-corrected chi connectivity index (χ0v) is 10.5. The van der Waals surface area contributed by atoms with E-state index < -0.39 is 0 Å². The zero-order valence-electron chi connectivity index (χ0n) is 9.70. The molecule has 16 heavy (non-hydrogen) atoms. The molecule has 0 fully saturated rings. The lowest BCUT2D eigenvalue weighted by molar-refractivity contribution is 0.376. The maximum absolute atomic E-state index is 13.4. The van der Waals surface area contributed by atoms with Crippen LogP contribution in [0.4, 0.5) is 4.39 Å². The molecule has 0 saturated carbocycles. The van der Waals surface area contributed by atoms with Crippen LogP contribution in [0.15, 0.2) is 18.2 Å². The first-order valence-corrected chi connectivity index (χ1v) is 5.28. The molecule has 1 atom stereocenters. The van der Waals surface area contributed by atoms with E-state index in [0.29, 0.717) is 0 Å². The van der Waals surface area contributed by atoms with Gasteiger partial charge in [-0.15, -0.1) is 12.4 Å². The number of halogens is 2. The summed E-state index contributed by atoms with van der Waals surface area (Å²) in [4.78, 5) is 0. The summed E-state index contributed by atoms with van der Waals surface area (Å²) in [6.07, 6.45) is 2.99. The van der Waals surface area contributed by atoms with Crippen LogP contribution in [0.5, 0.6) is 5.75 Å². The summed E-state index contributed by atoms with van der Waals surface area (Å²) in [6.45, 7) is 2.11. The Balaban J connectivity index is 0.00000225. The predicted octanol–water partition coefficient (Wildman–Crippen LogP) is 3.45. The highest BCUT2D eigenvalue weighted by atomic mass is 35.5. The van der Waals surface area contributed by atoms with Crippen LogP contribution in [-0.2, 0) is 0 Å². The standard InChI is InChI=1S/C12H18FNO.ClH/c1-3-4-8-11(14)9-6-5-7-10(13)12(9)15-2;/h5-7,11H,3-4,8,14H2,1-2H3;1H/t11-;/m0./s1. The van der Waals surface area contributed by atoms with Gasteiger partial charge < -0.3 is 10.5 Å². The normalized spacial score (nSPS) is 11.8. The summed E-state index contributed by atoms with van der Waals surface area (Å²) in [5.74, 6) is -0.0666. The lowest BCUT2D eigenvalue weighted by Crippen LogP contribution is -2.12. The van der Waals surface area contributed by atoms with Crippen molar-refractivity contribution in [3.63, 3.8) is 0 Å². The minimum absolute atomic E-state index is 0. The molecule has 0 spiro atoms. The monoisotopic (exact) mass is 247 g/mol. The molecule has 92 valence electrons. The Labute approximate surface area is 102 Å². The summed E-state index contributed by atoms with van der Waals surface area (Å²) < 4.78 is 18.4. The van der Waals surface area contributed by atoms with Gasteiger partial charge in [-0.1, -0.05) is 31.9 Å². The molecule has 2 nitrogen and oxygen atoms in total. The maximum atomic E-state index is 13.4. The Morgan fingerprint density at radius 1 is 1.44 bits per heavy atom. The molecule has 4 heteroatoms. The SMILES string of the molecule is CCCC[C@H](N)c1cccc(F)c1OC.Cl. The van der Waals surface area contributed by atoms with Gasteiger partial charge in [-0.05, 0) is 12.5 Å². The number of benzene rings is 1. The van der Waals surface area contributed by atoms with Crippen LogP contribution in [0.2, 0.25) is 0 Å². The number of hydrogen-bond donors (Lipinski definition) is 1. The van der Waals surface area contributed by atoms with Crippen LogP contribution in [-0.4, -0.2) is 7.11 Å². The summed E-state index contributed by atoms with van der Waals surface area (Å²) in [7, 11) is 1.47. The largest absolute Gasteiger partial charge is 0.493 e. The van der Waals surface area contributed by atoms with Gasteiger partial charge in [0, 0.05) is 11.6 Å². The summed E-state index contributed by atoms with van der Waals surface area (Å²) in [5, 5.41) is 0. The van der Waals surface area contributed by atoms with Crippen molar-refractivity contribution in [2.24, 2.45) is 5.73 Å². The smallest absolute Gasteiger partial charge is 0.165 e. The fraction of sp³-hybridized carbons (Fsp3) is 0.500. The lowest BCUT2D eigenvalue weighted by Gasteiger charge is -2.15. The van der Waals surface area contributed by atoms with Crippen molar-refractivity contribution in [1.82, 2.24) is 0 Å². The van der Waals surface area contributed by atoms with Crippen LogP contribution in [0, 0.1) is 5.82 Å². The quantitative estimate of drug-likeness (QED) is 0.865. The third-order valence-electron chi connectivity index (χ3n) is 2.47. The Morgan fingerprint density at radius 3 is 2.69 bits per heavy atom. The Kier molecular flexibility index (Phi) is 7.10. The number of hydrogen-bond acceptors (Lipinski definition) is 2. The highest BCUT2D eigenvalue weighted by molar-refractivity contribution is 5.85. The van der Waals surface area contributed by atoms with Gasteiger partial charge >= 0.3 is 0 Å². The summed E-state index contributed by atoms with van der Waals surface area (Å²) in [6, 6.07) is 4.73.